The molecule has 108 valence electrons. The number of carbonyl (C=O) groups excluding carboxylic acids is 1. The Morgan fingerprint density at radius 3 is 2.47 bits per heavy atom. The lowest BCUT2D eigenvalue weighted by Gasteiger charge is -2.12. The Kier molecular flexibility index (Phi) is 7.25. The van der Waals surface area contributed by atoms with Gasteiger partial charge in [-0.15, -0.1) is 12.4 Å². The van der Waals surface area contributed by atoms with Gasteiger partial charge in [-0.1, -0.05) is 0 Å². The number of nitrogens with one attached hydrogen (secondary N) is 1. The number of nitrogens with two attached hydrogens (primary N) is 1. The minimum absolute atomic E-state index is 0. The van der Waals surface area contributed by atoms with Crippen molar-refractivity contribution >= 4 is 35.8 Å². The number of alkyl halides is 3. The lowest BCUT2D eigenvalue weighted by atomic mass is 10.1. The maximum absolute atomic E-state index is 12.6. The zero-order valence-corrected chi connectivity index (χ0v) is 11.7. The van der Waals surface area contributed by atoms with Crippen LogP contribution >= 0.6 is 24.2 Å². The first kappa shape index (κ1) is 18.1. The molecule has 0 saturated heterocycles. The van der Waals surface area contributed by atoms with Gasteiger partial charge < -0.3 is 11.1 Å². The lowest BCUT2D eigenvalue weighted by molar-refractivity contribution is -0.137. The summed E-state index contributed by atoms with van der Waals surface area (Å²) >= 11 is 1.29. The lowest BCUT2D eigenvalue weighted by Crippen LogP contribution is -2.15. The second-order valence-corrected chi connectivity index (χ2v) is 4.47. The van der Waals surface area contributed by atoms with E-state index in [9.17, 15) is 18.0 Å². The first-order valence-electron chi connectivity index (χ1n) is 5.07. The molecule has 0 saturated carbocycles. The zero-order chi connectivity index (χ0) is 13.8. The molecule has 1 aromatic rings. The summed E-state index contributed by atoms with van der Waals surface area (Å²) in [6.07, 6.45) is -2.72. The van der Waals surface area contributed by atoms with Crippen LogP contribution in [0.5, 0.6) is 0 Å². The smallest absolute Gasteiger partial charge is 0.326 e. The molecule has 0 spiro atoms. The average Bonchev–Trinajstić information content (AvgIpc) is 2.27. The Morgan fingerprint density at radius 1 is 1.37 bits per heavy atom. The van der Waals surface area contributed by atoms with E-state index >= 15 is 0 Å². The van der Waals surface area contributed by atoms with E-state index in [1.165, 1.54) is 17.8 Å². The summed E-state index contributed by atoms with van der Waals surface area (Å²) in [5.74, 6) is -0.154. The molecule has 0 fully saturated rings. The molecule has 1 rings (SSSR count). The summed E-state index contributed by atoms with van der Waals surface area (Å²) in [6, 6.07) is 3.31. The molecule has 3 nitrogen and oxygen atoms in total. The molecule has 1 aromatic carbocycles. The van der Waals surface area contributed by atoms with Crippen LogP contribution in [-0.2, 0) is 17.5 Å². The van der Waals surface area contributed by atoms with Gasteiger partial charge in [0.25, 0.3) is 0 Å². The van der Waals surface area contributed by atoms with Crippen LogP contribution in [0.4, 0.5) is 18.9 Å². The van der Waals surface area contributed by atoms with E-state index in [0.717, 1.165) is 12.1 Å². The van der Waals surface area contributed by atoms with E-state index in [2.05, 4.69) is 5.32 Å². The Morgan fingerprint density at radius 2 is 2.00 bits per heavy atom. The average molecular weight is 315 g/mol. The Balaban J connectivity index is 0.00000324. The maximum atomic E-state index is 12.6. The number of hydrogen-bond acceptors (Lipinski definition) is 3. The zero-order valence-electron chi connectivity index (χ0n) is 10.1. The molecule has 0 aliphatic heterocycles. The highest BCUT2D eigenvalue weighted by atomic mass is 35.5. The third kappa shape index (κ3) is 5.71. The fourth-order valence-corrected chi connectivity index (χ4v) is 1.71. The number of hydrogen-bond donors (Lipinski definition) is 2. The van der Waals surface area contributed by atoms with Gasteiger partial charge in [0.05, 0.1) is 11.3 Å². The molecule has 0 aliphatic rings. The summed E-state index contributed by atoms with van der Waals surface area (Å²) in [7, 11) is 0. The molecule has 8 heteroatoms. The first-order chi connectivity index (χ1) is 8.36. The van der Waals surface area contributed by atoms with Gasteiger partial charge in [-0.2, -0.15) is 24.9 Å². The first-order valence-corrected chi connectivity index (χ1v) is 6.46. The summed E-state index contributed by atoms with van der Waals surface area (Å²) in [5.41, 5.74) is 4.96. The van der Waals surface area contributed by atoms with Gasteiger partial charge in [-0.3, -0.25) is 4.79 Å². The molecule has 0 aromatic heterocycles. The van der Waals surface area contributed by atoms with Gasteiger partial charge in [0.2, 0.25) is 5.91 Å². The fraction of sp³-hybridized carbons (Fsp3) is 0.364. The molecule has 1 amide bonds. The highest BCUT2D eigenvalue weighted by Gasteiger charge is 2.31. The number of carbonyl (C=O) groups is 1. The quantitative estimate of drug-likeness (QED) is 0.898. The van der Waals surface area contributed by atoms with Gasteiger partial charge in [-0.25, -0.2) is 0 Å². The molecule has 0 unspecified atom stereocenters. The van der Waals surface area contributed by atoms with Gasteiger partial charge in [0.1, 0.15) is 0 Å². The van der Waals surface area contributed by atoms with E-state index in [1.54, 1.807) is 6.26 Å². The number of benzene rings is 1. The molecule has 0 heterocycles. The molecule has 0 aliphatic carbocycles. The van der Waals surface area contributed by atoms with Crippen molar-refractivity contribution in [3.63, 3.8) is 0 Å². The predicted octanol–water partition coefficient (Wildman–Crippen LogP) is 2.89. The van der Waals surface area contributed by atoms with E-state index in [4.69, 9.17) is 5.73 Å². The fourth-order valence-electron chi connectivity index (χ4n) is 1.37. The number of anilines is 1. The van der Waals surface area contributed by atoms with Crippen LogP contribution < -0.4 is 11.1 Å². The van der Waals surface area contributed by atoms with E-state index in [-0.39, 0.29) is 36.3 Å². The van der Waals surface area contributed by atoms with Crippen LogP contribution in [0.25, 0.3) is 0 Å². The third-order valence-electron chi connectivity index (χ3n) is 2.12. The second kappa shape index (κ2) is 7.62. The van der Waals surface area contributed by atoms with Crippen LogP contribution in [0.2, 0.25) is 0 Å². The summed E-state index contributed by atoms with van der Waals surface area (Å²) < 4.78 is 37.8. The molecular formula is C11H14ClF3N2OS. The van der Waals surface area contributed by atoms with Crippen molar-refractivity contribution in [1.82, 2.24) is 0 Å². The molecule has 19 heavy (non-hydrogen) atoms. The highest BCUT2D eigenvalue weighted by Crippen LogP contribution is 2.31. The largest absolute Gasteiger partial charge is 0.416 e. The van der Waals surface area contributed by atoms with E-state index < -0.39 is 11.7 Å². The maximum Gasteiger partial charge on any atom is 0.416 e. The van der Waals surface area contributed by atoms with Gasteiger partial charge in [0.15, 0.2) is 0 Å². The Hall–Kier alpha value is -0.920. The minimum atomic E-state index is -4.45. The highest BCUT2D eigenvalue weighted by molar-refractivity contribution is 7.99. The minimum Gasteiger partial charge on any atom is -0.326 e. The van der Waals surface area contributed by atoms with Crippen LogP contribution in [-0.4, -0.2) is 17.9 Å². The van der Waals surface area contributed by atoms with Crippen LogP contribution in [0.3, 0.4) is 0 Å². The summed E-state index contributed by atoms with van der Waals surface area (Å²) in [5, 5.41) is 2.41. The molecule has 0 bridgehead atoms. The molecular weight excluding hydrogens is 301 g/mol. The van der Waals surface area contributed by atoms with Crippen LogP contribution in [0.1, 0.15) is 11.1 Å². The summed E-state index contributed by atoms with van der Waals surface area (Å²) in [6.45, 7) is -0.0185. The third-order valence-corrected chi connectivity index (χ3v) is 2.67. The Bertz CT molecular complexity index is 440. The molecule has 0 atom stereocenters. The monoisotopic (exact) mass is 314 g/mol. The van der Waals surface area contributed by atoms with Crippen LogP contribution in [0.15, 0.2) is 18.2 Å². The summed E-state index contributed by atoms with van der Waals surface area (Å²) in [4.78, 5) is 11.3. The van der Waals surface area contributed by atoms with Gasteiger partial charge >= 0.3 is 6.18 Å². The topological polar surface area (TPSA) is 55.1 Å². The van der Waals surface area contributed by atoms with E-state index in [0.29, 0.717) is 5.56 Å². The number of halogens is 4. The van der Waals surface area contributed by atoms with E-state index in [1.807, 2.05) is 0 Å². The standard InChI is InChI=1S/C11H13F3N2OS.ClH/c1-18-6-10(17)16-9-3-7(5-15)2-8(4-9)11(12,13)14;/h2-4H,5-6,15H2,1H3,(H,16,17);1H. The van der Waals surface area contributed by atoms with Crippen molar-refractivity contribution in [1.29, 1.82) is 0 Å². The Labute approximate surface area is 119 Å². The SMILES string of the molecule is CSCC(=O)Nc1cc(CN)cc(C(F)(F)F)c1.Cl. The molecule has 3 N–H and O–H groups in total. The van der Waals surface area contributed by atoms with Crippen molar-refractivity contribution in [2.45, 2.75) is 12.7 Å². The second-order valence-electron chi connectivity index (χ2n) is 3.60. The predicted molar refractivity (Wildman–Crippen MR) is 73.6 cm³/mol. The van der Waals surface area contributed by atoms with Gasteiger partial charge in [-0.05, 0) is 30.0 Å². The number of amides is 1. The van der Waals surface area contributed by atoms with Gasteiger partial charge in [0, 0.05) is 12.2 Å². The number of thioether (sulfide) groups is 1. The van der Waals surface area contributed by atoms with Crippen molar-refractivity contribution < 1.29 is 18.0 Å². The van der Waals surface area contributed by atoms with Crippen LogP contribution in [0, 0.1) is 0 Å². The molecule has 0 radical (unpaired) electrons. The normalized spacial score (nSPS) is 10.8. The van der Waals surface area contributed by atoms with Crippen molar-refractivity contribution in [2.24, 2.45) is 5.73 Å². The number of rotatable bonds is 4. The van der Waals surface area contributed by atoms with Crippen molar-refractivity contribution in [2.75, 3.05) is 17.3 Å². The van der Waals surface area contributed by atoms with Crippen molar-refractivity contribution in [3.05, 3.63) is 29.3 Å². The van der Waals surface area contributed by atoms with Crippen molar-refractivity contribution in [3.8, 4) is 0 Å².